The number of halogens is 2. The molecule has 1 aromatic heterocycles. The Bertz CT molecular complexity index is 1350. The minimum absolute atomic E-state index is 0.00894. The number of aromatic nitrogens is 2. The molecule has 3 atom stereocenters. The highest BCUT2D eigenvalue weighted by atomic mass is 19.3. The number of fused-ring (bicyclic) bond motifs is 6. The van der Waals surface area contributed by atoms with E-state index in [1.807, 2.05) is 11.0 Å². The molecule has 234 valence electrons. The number of rotatable bonds is 4. The highest BCUT2D eigenvalue weighted by Crippen LogP contribution is 2.37. The number of nitrogens with one attached hydrogen (secondary N) is 1. The molecular formula is C31H41F2N5O5. The van der Waals surface area contributed by atoms with Crippen LogP contribution in [0.3, 0.4) is 0 Å². The number of carbonyl (C=O) groups excluding carboxylic acids is 3. The van der Waals surface area contributed by atoms with Gasteiger partial charge in [-0.3, -0.25) is 14.4 Å². The first-order valence-corrected chi connectivity index (χ1v) is 15.1. The van der Waals surface area contributed by atoms with Crippen molar-refractivity contribution in [2.24, 2.45) is 11.8 Å². The lowest BCUT2D eigenvalue weighted by atomic mass is 9.77. The molecule has 2 saturated heterocycles. The van der Waals surface area contributed by atoms with Gasteiger partial charge in [0.15, 0.2) is 17.2 Å². The maximum Gasteiger partial charge on any atom is 0.333 e. The van der Waals surface area contributed by atoms with Crippen molar-refractivity contribution < 1.29 is 32.6 Å². The van der Waals surface area contributed by atoms with Crippen molar-refractivity contribution in [2.45, 2.75) is 70.9 Å². The molecule has 4 bridgehead atoms. The zero-order chi connectivity index (χ0) is 30.7. The van der Waals surface area contributed by atoms with Gasteiger partial charge in [-0.25, -0.2) is 4.68 Å². The standard InChI is InChI=1S/C31H41F2N5O5/c1-19-12-24(35-38(19)31(32)33)30(41)36-16-21-14-23(18-36)25-7-4-8-27(39)34-11-5-6-22-13-20(9-10-28(40)37(25)17-21)15-26(42-2)29(22)43-3/h12-13,15,21,23,25,31H,4-11,14,16-18H2,1-3H3,(H,34,39)/t21-,23+,25-/m0/s1. The van der Waals surface area contributed by atoms with Crippen molar-refractivity contribution >= 4 is 17.7 Å². The number of ether oxygens (including phenoxy) is 2. The van der Waals surface area contributed by atoms with Crippen LogP contribution in [-0.4, -0.2) is 83.7 Å². The molecule has 10 nitrogen and oxygen atoms in total. The number of aryl methyl sites for hydroxylation is 3. The molecule has 3 aliphatic rings. The summed E-state index contributed by atoms with van der Waals surface area (Å²) in [5, 5.41) is 6.87. The van der Waals surface area contributed by atoms with Gasteiger partial charge in [0, 0.05) is 50.8 Å². The van der Waals surface area contributed by atoms with E-state index in [1.165, 1.54) is 13.0 Å². The summed E-state index contributed by atoms with van der Waals surface area (Å²) in [5.74, 6) is 1.05. The largest absolute Gasteiger partial charge is 0.493 e. The van der Waals surface area contributed by atoms with Crippen LogP contribution in [0.2, 0.25) is 0 Å². The van der Waals surface area contributed by atoms with Gasteiger partial charge in [-0.15, -0.1) is 0 Å². The van der Waals surface area contributed by atoms with Gasteiger partial charge in [0.1, 0.15) is 0 Å². The molecule has 3 aliphatic heterocycles. The maximum atomic E-state index is 13.8. The fourth-order valence-corrected chi connectivity index (χ4v) is 7.02. The van der Waals surface area contributed by atoms with E-state index in [9.17, 15) is 23.2 Å². The molecule has 43 heavy (non-hydrogen) atoms. The molecule has 0 aliphatic carbocycles. The molecule has 4 heterocycles. The first-order valence-electron chi connectivity index (χ1n) is 15.1. The third-order valence-electron chi connectivity index (χ3n) is 8.99. The Morgan fingerprint density at radius 1 is 1.02 bits per heavy atom. The van der Waals surface area contributed by atoms with E-state index in [0.717, 1.165) is 24.0 Å². The second kappa shape index (κ2) is 13.3. The SMILES string of the molecule is COc1cc2cc(c1OC)CCCNC(=O)CCC[C@H]1[C@@H]3C[C@@H](CN(C(=O)c4cc(C)n(C(F)F)n4)C3)CN1C(=O)CC2. The smallest absolute Gasteiger partial charge is 0.333 e. The highest BCUT2D eigenvalue weighted by Gasteiger charge is 2.43. The molecule has 12 heteroatoms. The predicted octanol–water partition coefficient (Wildman–Crippen LogP) is 3.76. The lowest BCUT2D eigenvalue weighted by Gasteiger charge is -2.51. The van der Waals surface area contributed by atoms with Crippen LogP contribution in [0.25, 0.3) is 0 Å². The number of amides is 3. The van der Waals surface area contributed by atoms with Crippen LogP contribution >= 0.6 is 0 Å². The average Bonchev–Trinajstić information content (AvgIpc) is 3.39. The van der Waals surface area contributed by atoms with Crippen molar-refractivity contribution in [3.63, 3.8) is 0 Å². The molecular weight excluding hydrogens is 560 g/mol. The van der Waals surface area contributed by atoms with Crippen molar-refractivity contribution in [1.29, 1.82) is 0 Å². The number of nitrogens with zero attached hydrogens (tertiary/aromatic N) is 4. The third-order valence-corrected chi connectivity index (χ3v) is 8.99. The van der Waals surface area contributed by atoms with E-state index in [1.54, 1.807) is 19.1 Å². The second-order valence-electron chi connectivity index (χ2n) is 11.9. The topological polar surface area (TPSA) is 106 Å². The number of hydrogen-bond acceptors (Lipinski definition) is 6. The molecule has 1 aromatic carbocycles. The fraction of sp³-hybridized carbons (Fsp3) is 0.613. The van der Waals surface area contributed by atoms with Gasteiger partial charge in [-0.2, -0.15) is 13.9 Å². The van der Waals surface area contributed by atoms with Crippen LogP contribution in [0.15, 0.2) is 18.2 Å². The Labute approximate surface area is 250 Å². The van der Waals surface area contributed by atoms with E-state index < -0.39 is 6.55 Å². The zero-order valence-corrected chi connectivity index (χ0v) is 25.1. The number of alkyl halides is 2. The summed E-state index contributed by atoms with van der Waals surface area (Å²) in [7, 11) is 3.21. The molecule has 0 unspecified atom stereocenters. The maximum absolute atomic E-state index is 13.8. The predicted molar refractivity (Wildman–Crippen MR) is 154 cm³/mol. The Balaban J connectivity index is 1.36. The minimum atomic E-state index is -2.82. The van der Waals surface area contributed by atoms with E-state index in [4.69, 9.17) is 9.47 Å². The molecule has 2 fully saturated rings. The van der Waals surface area contributed by atoms with Crippen LogP contribution < -0.4 is 14.8 Å². The van der Waals surface area contributed by atoms with Crippen LogP contribution in [0, 0.1) is 18.8 Å². The number of piperidine rings is 2. The summed E-state index contributed by atoms with van der Waals surface area (Å²) in [4.78, 5) is 43.5. The molecule has 2 aromatic rings. The zero-order valence-electron chi connectivity index (χ0n) is 25.1. The van der Waals surface area contributed by atoms with Crippen molar-refractivity contribution in [3.05, 3.63) is 40.7 Å². The van der Waals surface area contributed by atoms with Gasteiger partial charge >= 0.3 is 6.55 Å². The Hall–Kier alpha value is -3.70. The van der Waals surface area contributed by atoms with Crippen molar-refractivity contribution in [1.82, 2.24) is 24.9 Å². The Morgan fingerprint density at radius 2 is 1.84 bits per heavy atom. The van der Waals surface area contributed by atoms with Crippen LogP contribution in [0.4, 0.5) is 8.78 Å². The second-order valence-corrected chi connectivity index (χ2v) is 11.9. The first-order chi connectivity index (χ1) is 20.7. The summed E-state index contributed by atoms with van der Waals surface area (Å²) in [6.45, 7) is 0.594. The van der Waals surface area contributed by atoms with E-state index in [0.29, 0.717) is 80.9 Å². The summed E-state index contributed by atoms with van der Waals surface area (Å²) < 4.78 is 38.4. The van der Waals surface area contributed by atoms with Gasteiger partial charge in [0.25, 0.3) is 5.91 Å². The fourth-order valence-electron chi connectivity index (χ4n) is 7.02. The van der Waals surface area contributed by atoms with Crippen LogP contribution in [0.5, 0.6) is 11.5 Å². The molecule has 3 amide bonds. The minimum Gasteiger partial charge on any atom is -0.493 e. The number of hydrogen-bond donors (Lipinski definition) is 1. The quantitative estimate of drug-likeness (QED) is 0.572. The summed E-state index contributed by atoms with van der Waals surface area (Å²) in [6.07, 6.45) is 4.83. The average molecular weight is 602 g/mol. The van der Waals surface area contributed by atoms with Gasteiger partial charge < -0.3 is 24.6 Å². The van der Waals surface area contributed by atoms with Gasteiger partial charge in [0.2, 0.25) is 11.8 Å². The van der Waals surface area contributed by atoms with E-state index in [-0.39, 0.29) is 47.0 Å². The van der Waals surface area contributed by atoms with Crippen LogP contribution in [-0.2, 0) is 22.4 Å². The highest BCUT2D eigenvalue weighted by molar-refractivity contribution is 5.92. The van der Waals surface area contributed by atoms with Crippen molar-refractivity contribution in [3.8, 4) is 11.5 Å². The Morgan fingerprint density at radius 3 is 2.56 bits per heavy atom. The van der Waals surface area contributed by atoms with Gasteiger partial charge in [0.05, 0.1) is 14.2 Å². The molecule has 0 radical (unpaired) electrons. The third kappa shape index (κ3) is 6.78. The van der Waals surface area contributed by atoms with Crippen molar-refractivity contribution in [2.75, 3.05) is 40.4 Å². The number of likely N-dealkylation sites (tertiary alicyclic amines) is 1. The summed E-state index contributed by atoms with van der Waals surface area (Å²) >= 11 is 0. The normalized spacial score (nSPS) is 23.5. The first kappa shape index (κ1) is 30.7. The van der Waals surface area contributed by atoms with E-state index in [2.05, 4.69) is 16.5 Å². The molecule has 1 N–H and O–H groups in total. The molecule has 0 spiro atoms. The number of methoxy groups -OCH3 is 2. The lowest BCUT2D eigenvalue weighted by molar-refractivity contribution is -0.140. The van der Waals surface area contributed by atoms with Crippen LogP contribution in [0.1, 0.15) is 72.4 Å². The molecule has 5 rings (SSSR count). The number of benzene rings is 1. The number of carbonyl (C=O) groups is 3. The summed E-state index contributed by atoms with van der Waals surface area (Å²) in [5.41, 5.74) is 2.20. The van der Waals surface area contributed by atoms with Gasteiger partial charge in [-0.1, -0.05) is 6.07 Å². The van der Waals surface area contributed by atoms with E-state index >= 15 is 0 Å². The Kier molecular flexibility index (Phi) is 9.51. The molecule has 0 saturated carbocycles. The summed E-state index contributed by atoms with van der Waals surface area (Å²) in [6, 6.07) is 5.26. The van der Waals surface area contributed by atoms with Gasteiger partial charge in [-0.05, 0) is 80.5 Å². The monoisotopic (exact) mass is 601 g/mol. The lowest BCUT2D eigenvalue weighted by Crippen LogP contribution is -2.60.